The molecule has 1 heterocycles. The van der Waals surface area contributed by atoms with E-state index in [0.29, 0.717) is 30.1 Å². The van der Waals surface area contributed by atoms with Crippen LogP contribution in [0.15, 0.2) is 18.2 Å². The SMILES string of the molecule is O=C(NCCc1c(F)cccc1Cl)N1CCCC1CO. The molecular formula is C14H18ClFN2O2. The van der Waals surface area contributed by atoms with Crippen LogP contribution in [-0.2, 0) is 6.42 Å². The van der Waals surface area contributed by atoms with Crippen molar-refractivity contribution >= 4 is 17.6 Å². The van der Waals surface area contributed by atoms with Crippen molar-refractivity contribution in [2.24, 2.45) is 0 Å². The third-order valence-corrected chi connectivity index (χ3v) is 3.92. The first-order valence-electron chi connectivity index (χ1n) is 6.71. The molecule has 1 aliphatic heterocycles. The van der Waals surface area contributed by atoms with Gasteiger partial charge in [-0.1, -0.05) is 17.7 Å². The number of likely N-dealkylation sites (tertiary alicyclic amines) is 1. The maximum Gasteiger partial charge on any atom is 0.317 e. The van der Waals surface area contributed by atoms with E-state index in [0.717, 1.165) is 12.8 Å². The van der Waals surface area contributed by atoms with Crippen molar-refractivity contribution in [1.82, 2.24) is 10.2 Å². The molecule has 0 spiro atoms. The lowest BCUT2D eigenvalue weighted by Crippen LogP contribution is -2.44. The van der Waals surface area contributed by atoms with Crippen LogP contribution in [0.4, 0.5) is 9.18 Å². The molecule has 1 aromatic carbocycles. The van der Waals surface area contributed by atoms with Crippen molar-refractivity contribution in [2.45, 2.75) is 25.3 Å². The number of aliphatic hydroxyl groups is 1. The molecule has 0 radical (unpaired) electrons. The summed E-state index contributed by atoms with van der Waals surface area (Å²) >= 11 is 5.92. The lowest BCUT2D eigenvalue weighted by atomic mass is 10.1. The molecule has 4 nitrogen and oxygen atoms in total. The number of urea groups is 1. The summed E-state index contributed by atoms with van der Waals surface area (Å²) < 4.78 is 13.6. The van der Waals surface area contributed by atoms with E-state index in [1.165, 1.54) is 6.07 Å². The highest BCUT2D eigenvalue weighted by Crippen LogP contribution is 2.19. The monoisotopic (exact) mass is 300 g/mol. The molecule has 1 atom stereocenters. The summed E-state index contributed by atoms with van der Waals surface area (Å²) in [6, 6.07) is 4.21. The van der Waals surface area contributed by atoms with Gasteiger partial charge < -0.3 is 15.3 Å². The molecule has 1 fully saturated rings. The van der Waals surface area contributed by atoms with Crippen LogP contribution in [0.2, 0.25) is 5.02 Å². The molecule has 1 aromatic rings. The molecule has 0 saturated carbocycles. The zero-order chi connectivity index (χ0) is 14.5. The van der Waals surface area contributed by atoms with Gasteiger partial charge in [-0.25, -0.2) is 9.18 Å². The first kappa shape index (κ1) is 15.1. The number of carbonyl (C=O) groups is 1. The largest absolute Gasteiger partial charge is 0.394 e. The van der Waals surface area contributed by atoms with Crippen LogP contribution in [0.5, 0.6) is 0 Å². The van der Waals surface area contributed by atoms with Gasteiger partial charge in [0.15, 0.2) is 0 Å². The Morgan fingerprint density at radius 3 is 3.05 bits per heavy atom. The predicted octanol–water partition coefficient (Wildman–Crippen LogP) is 2.19. The first-order valence-corrected chi connectivity index (χ1v) is 7.09. The van der Waals surface area contributed by atoms with Gasteiger partial charge in [0, 0.05) is 23.7 Å². The van der Waals surface area contributed by atoms with Gasteiger partial charge in [0.25, 0.3) is 0 Å². The van der Waals surface area contributed by atoms with E-state index in [-0.39, 0.29) is 24.5 Å². The van der Waals surface area contributed by atoms with E-state index >= 15 is 0 Å². The highest BCUT2D eigenvalue weighted by molar-refractivity contribution is 6.31. The topological polar surface area (TPSA) is 52.6 Å². The molecule has 2 rings (SSSR count). The van der Waals surface area contributed by atoms with Crippen LogP contribution < -0.4 is 5.32 Å². The second-order valence-electron chi connectivity index (χ2n) is 4.85. The zero-order valence-electron chi connectivity index (χ0n) is 11.1. The lowest BCUT2D eigenvalue weighted by molar-refractivity contribution is 0.157. The number of benzene rings is 1. The number of rotatable bonds is 4. The number of hydrogen-bond acceptors (Lipinski definition) is 2. The third-order valence-electron chi connectivity index (χ3n) is 3.56. The minimum Gasteiger partial charge on any atom is -0.394 e. The second kappa shape index (κ2) is 6.90. The number of halogens is 2. The van der Waals surface area contributed by atoms with Crippen LogP contribution in [0.3, 0.4) is 0 Å². The van der Waals surface area contributed by atoms with Crippen LogP contribution in [0.25, 0.3) is 0 Å². The maximum absolute atomic E-state index is 13.6. The Kier molecular flexibility index (Phi) is 5.20. The highest BCUT2D eigenvalue weighted by atomic mass is 35.5. The first-order chi connectivity index (χ1) is 9.63. The highest BCUT2D eigenvalue weighted by Gasteiger charge is 2.27. The van der Waals surface area contributed by atoms with Crippen molar-refractivity contribution in [3.8, 4) is 0 Å². The molecule has 6 heteroatoms. The fourth-order valence-electron chi connectivity index (χ4n) is 2.46. The summed E-state index contributed by atoms with van der Waals surface area (Å²) in [6.07, 6.45) is 2.07. The summed E-state index contributed by atoms with van der Waals surface area (Å²) in [4.78, 5) is 13.6. The van der Waals surface area contributed by atoms with E-state index in [1.54, 1.807) is 17.0 Å². The molecule has 1 aliphatic rings. The van der Waals surface area contributed by atoms with Crippen molar-refractivity contribution < 1.29 is 14.3 Å². The summed E-state index contributed by atoms with van der Waals surface area (Å²) in [5.74, 6) is -0.360. The van der Waals surface area contributed by atoms with E-state index in [2.05, 4.69) is 5.32 Å². The van der Waals surface area contributed by atoms with Gasteiger partial charge in [0.1, 0.15) is 5.82 Å². The van der Waals surface area contributed by atoms with Crippen LogP contribution in [0.1, 0.15) is 18.4 Å². The fourth-order valence-corrected chi connectivity index (χ4v) is 2.72. The molecule has 1 saturated heterocycles. The number of amides is 2. The quantitative estimate of drug-likeness (QED) is 0.895. The fraction of sp³-hybridized carbons (Fsp3) is 0.500. The van der Waals surface area contributed by atoms with E-state index < -0.39 is 0 Å². The smallest absolute Gasteiger partial charge is 0.317 e. The molecule has 0 aromatic heterocycles. The lowest BCUT2D eigenvalue weighted by Gasteiger charge is -2.23. The number of nitrogens with zero attached hydrogens (tertiary/aromatic N) is 1. The summed E-state index contributed by atoms with van der Waals surface area (Å²) in [7, 11) is 0. The third kappa shape index (κ3) is 3.41. The van der Waals surface area contributed by atoms with Crippen molar-refractivity contribution in [2.75, 3.05) is 19.7 Å². The van der Waals surface area contributed by atoms with Gasteiger partial charge in [0.05, 0.1) is 12.6 Å². The number of hydrogen-bond donors (Lipinski definition) is 2. The molecule has 0 bridgehead atoms. The molecule has 110 valence electrons. The van der Waals surface area contributed by atoms with Gasteiger partial charge in [0.2, 0.25) is 0 Å². The van der Waals surface area contributed by atoms with Crippen molar-refractivity contribution in [1.29, 1.82) is 0 Å². The molecular weight excluding hydrogens is 283 g/mol. The standard InChI is InChI=1S/C14H18ClFN2O2/c15-12-4-1-5-13(16)11(12)6-7-17-14(20)18-8-2-3-10(18)9-19/h1,4-5,10,19H,2-3,6-9H2,(H,17,20). The second-order valence-corrected chi connectivity index (χ2v) is 5.26. The Labute approximate surface area is 122 Å². The van der Waals surface area contributed by atoms with Gasteiger partial charge in [-0.3, -0.25) is 0 Å². The van der Waals surface area contributed by atoms with Crippen LogP contribution in [-0.4, -0.2) is 41.8 Å². The Balaban J connectivity index is 1.85. The van der Waals surface area contributed by atoms with Gasteiger partial charge >= 0.3 is 6.03 Å². The van der Waals surface area contributed by atoms with Crippen LogP contribution >= 0.6 is 11.6 Å². The summed E-state index contributed by atoms with van der Waals surface area (Å²) in [5, 5.41) is 12.3. The minimum atomic E-state index is -0.360. The van der Waals surface area contributed by atoms with E-state index in [4.69, 9.17) is 11.6 Å². The molecule has 0 aliphatic carbocycles. The van der Waals surface area contributed by atoms with Crippen LogP contribution in [0, 0.1) is 5.82 Å². The van der Waals surface area contributed by atoms with Gasteiger partial charge in [-0.2, -0.15) is 0 Å². The Bertz CT molecular complexity index is 464. The maximum atomic E-state index is 13.6. The molecule has 1 unspecified atom stereocenters. The van der Waals surface area contributed by atoms with Gasteiger partial charge in [-0.15, -0.1) is 0 Å². The van der Waals surface area contributed by atoms with E-state index in [1.807, 2.05) is 0 Å². The summed E-state index contributed by atoms with van der Waals surface area (Å²) in [5.41, 5.74) is 0.412. The Morgan fingerprint density at radius 2 is 2.35 bits per heavy atom. The number of carbonyl (C=O) groups excluding carboxylic acids is 1. The zero-order valence-corrected chi connectivity index (χ0v) is 11.9. The Hall–Kier alpha value is -1.33. The number of nitrogens with one attached hydrogen (secondary N) is 1. The molecule has 20 heavy (non-hydrogen) atoms. The van der Waals surface area contributed by atoms with Gasteiger partial charge in [-0.05, 0) is 31.4 Å². The van der Waals surface area contributed by atoms with Crippen molar-refractivity contribution in [3.05, 3.63) is 34.6 Å². The minimum absolute atomic E-state index is 0.0213. The number of aliphatic hydroxyl groups excluding tert-OH is 1. The average Bonchev–Trinajstić information content (AvgIpc) is 2.90. The predicted molar refractivity (Wildman–Crippen MR) is 75.3 cm³/mol. The molecule has 2 amide bonds. The summed E-state index contributed by atoms with van der Waals surface area (Å²) in [6.45, 7) is 0.943. The van der Waals surface area contributed by atoms with Crippen molar-refractivity contribution in [3.63, 3.8) is 0 Å². The van der Waals surface area contributed by atoms with E-state index in [9.17, 15) is 14.3 Å². The molecule has 2 N–H and O–H groups in total. The normalized spacial score (nSPS) is 18.4. The Morgan fingerprint density at radius 1 is 1.55 bits per heavy atom. The average molecular weight is 301 g/mol.